The van der Waals surface area contributed by atoms with Crippen molar-refractivity contribution in [1.82, 2.24) is 10.6 Å². The molecule has 1 amide bonds. The summed E-state index contributed by atoms with van der Waals surface area (Å²) >= 11 is 0. The van der Waals surface area contributed by atoms with Gasteiger partial charge in [0.2, 0.25) is 5.91 Å². The Morgan fingerprint density at radius 2 is 2.06 bits per heavy atom. The standard InChI is InChI=1S/C12H20N2O4/c1-13-10-6-18-5-9(10)11(15)14-8-3-2-7(4-8)12(16)17/h7-10,13H,2-6H2,1H3,(H,14,15)(H,16,17). The predicted molar refractivity (Wildman–Crippen MR) is 64.1 cm³/mol. The molecule has 4 unspecified atom stereocenters. The first-order valence-corrected chi connectivity index (χ1v) is 6.40. The highest BCUT2D eigenvalue weighted by Gasteiger charge is 2.36. The maximum Gasteiger partial charge on any atom is 0.306 e. The van der Waals surface area contributed by atoms with E-state index in [1.165, 1.54) is 0 Å². The lowest BCUT2D eigenvalue weighted by Gasteiger charge is -2.19. The summed E-state index contributed by atoms with van der Waals surface area (Å²) in [5.74, 6) is -1.26. The zero-order chi connectivity index (χ0) is 13.1. The molecule has 0 spiro atoms. The van der Waals surface area contributed by atoms with Gasteiger partial charge in [-0.3, -0.25) is 9.59 Å². The number of aliphatic carboxylic acids is 1. The van der Waals surface area contributed by atoms with Gasteiger partial charge < -0.3 is 20.5 Å². The van der Waals surface area contributed by atoms with E-state index in [4.69, 9.17) is 9.84 Å². The number of nitrogens with one attached hydrogen (secondary N) is 2. The molecule has 1 heterocycles. The van der Waals surface area contributed by atoms with Crippen LogP contribution in [0.1, 0.15) is 19.3 Å². The quantitative estimate of drug-likeness (QED) is 0.636. The maximum atomic E-state index is 12.1. The Morgan fingerprint density at radius 3 is 2.67 bits per heavy atom. The SMILES string of the molecule is CNC1COCC1C(=O)NC1CCC(C(=O)O)C1. The van der Waals surface area contributed by atoms with Crippen LogP contribution in [0.25, 0.3) is 0 Å². The van der Waals surface area contributed by atoms with E-state index in [9.17, 15) is 9.59 Å². The second kappa shape index (κ2) is 5.67. The number of carbonyl (C=O) groups excluding carboxylic acids is 1. The number of hydrogen-bond acceptors (Lipinski definition) is 4. The molecule has 1 saturated carbocycles. The molecular weight excluding hydrogens is 236 g/mol. The van der Waals surface area contributed by atoms with Gasteiger partial charge in [0, 0.05) is 12.1 Å². The first-order valence-electron chi connectivity index (χ1n) is 6.40. The molecule has 0 aromatic rings. The number of likely N-dealkylation sites (N-methyl/N-ethyl adjacent to an activating group) is 1. The fraction of sp³-hybridized carbons (Fsp3) is 0.833. The Labute approximate surface area is 106 Å². The van der Waals surface area contributed by atoms with Gasteiger partial charge in [0.05, 0.1) is 25.0 Å². The van der Waals surface area contributed by atoms with Crippen molar-refractivity contribution in [2.45, 2.75) is 31.3 Å². The van der Waals surface area contributed by atoms with Gasteiger partial charge in [0.15, 0.2) is 0 Å². The molecule has 4 atom stereocenters. The molecule has 3 N–H and O–H groups in total. The van der Waals surface area contributed by atoms with E-state index < -0.39 is 5.97 Å². The molecule has 102 valence electrons. The topological polar surface area (TPSA) is 87.7 Å². The van der Waals surface area contributed by atoms with E-state index >= 15 is 0 Å². The largest absolute Gasteiger partial charge is 0.481 e. The van der Waals surface area contributed by atoms with Gasteiger partial charge in [-0.05, 0) is 26.3 Å². The average Bonchev–Trinajstić information content (AvgIpc) is 2.96. The van der Waals surface area contributed by atoms with Crippen LogP contribution in [0.4, 0.5) is 0 Å². The third-order valence-corrected chi connectivity index (χ3v) is 3.92. The van der Waals surface area contributed by atoms with Crippen molar-refractivity contribution in [3.05, 3.63) is 0 Å². The highest BCUT2D eigenvalue weighted by atomic mass is 16.5. The van der Waals surface area contributed by atoms with Crippen LogP contribution in [0.15, 0.2) is 0 Å². The molecule has 1 aliphatic heterocycles. The summed E-state index contributed by atoms with van der Waals surface area (Å²) in [6, 6.07) is 0.0541. The molecule has 0 bridgehead atoms. The second-order valence-corrected chi connectivity index (χ2v) is 5.09. The molecule has 1 saturated heterocycles. The number of carboxylic acids is 1. The van der Waals surface area contributed by atoms with Crippen molar-refractivity contribution in [1.29, 1.82) is 0 Å². The molecule has 6 heteroatoms. The zero-order valence-corrected chi connectivity index (χ0v) is 10.5. The summed E-state index contributed by atoms with van der Waals surface area (Å²) in [5.41, 5.74) is 0. The van der Waals surface area contributed by atoms with Gasteiger partial charge in [0.25, 0.3) is 0 Å². The lowest BCUT2D eigenvalue weighted by molar-refractivity contribution is -0.141. The lowest BCUT2D eigenvalue weighted by atomic mass is 10.0. The molecule has 1 aliphatic carbocycles. The maximum absolute atomic E-state index is 12.1. The summed E-state index contributed by atoms with van der Waals surface area (Å²) < 4.78 is 5.29. The highest BCUT2D eigenvalue weighted by Crippen LogP contribution is 2.26. The summed E-state index contributed by atoms with van der Waals surface area (Å²) in [6.07, 6.45) is 1.94. The molecule has 2 rings (SSSR count). The zero-order valence-electron chi connectivity index (χ0n) is 10.5. The fourth-order valence-corrected chi connectivity index (χ4v) is 2.74. The summed E-state index contributed by atoms with van der Waals surface area (Å²) in [4.78, 5) is 22.9. The van der Waals surface area contributed by atoms with E-state index in [0.29, 0.717) is 26.1 Å². The fourth-order valence-electron chi connectivity index (χ4n) is 2.74. The second-order valence-electron chi connectivity index (χ2n) is 5.09. The molecule has 2 aliphatic rings. The van der Waals surface area contributed by atoms with Crippen molar-refractivity contribution in [3.8, 4) is 0 Å². The summed E-state index contributed by atoms with van der Waals surface area (Å²) in [6.45, 7) is 0.990. The van der Waals surface area contributed by atoms with Crippen LogP contribution < -0.4 is 10.6 Å². The van der Waals surface area contributed by atoms with Crippen LogP contribution >= 0.6 is 0 Å². The van der Waals surface area contributed by atoms with Crippen LogP contribution in [0.3, 0.4) is 0 Å². The Balaban J connectivity index is 1.83. The molecule has 18 heavy (non-hydrogen) atoms. The minimum absolute atomic E-state index is 0.00305. The van der Waals surface area contributed by atoms with E-state index in [1.807, 2.05) is 7.05 Å². The molecule has 0 aromatic heterocycles. The Bertz CT molecular complexity index is 334. The third kappa shape index (κ3) is 2.81. The number of ether oxygens (including phenoxy) is 1. The van der Waals surface area contributed by atoms with Crippen LogP contribution in [0.5, 0.6) is 0 Å². The van der Waals surface area contributed by atoms with Crippen LogP contribution in [-0.2, 0) is 14.3 Å². The first-order chi connectivity index (χ1) is 8.61. The van der Waals surface area contributed by atoms with Crippen LogP contribution in [0, 0.1) is 11.8 Å². The van der Waals surface area contributed by atoms with E-state index in [1.54, 1.807) is 0 Å². The Kier molecular flexibility index (Phi) is 4.19. The van der Waals surface area contributed by atoms with Crippen LogP contribution in [-0.4, -0.2) is 49.3 Å². The smallest absolute Gasteiger partial charge is 0.306 e. The van der Waals surface area contributed by atoms with Crippen molar-refractivity contribution in [2.75, 3.05) is 20.3 Å². The van der Waals surface area contributed by atoms with Gasteiger partial charge in [-0.2, -0.15) is 0 Å². The number of amides is 1. The molecule has 2 fully saturated rings. The molecule has 0 aromatic carbocycles. The van der Waals surface area contributed by atoms with Gasteiger partial charge in [-0.15, -0.1) is 0 Å². The number of rotatable bonds is 4. The van der Waals surface area contributed by atoms with Crippen molar-refractivity contribution in [2.24, 2.45) is 11.8 Å². The van der Waals surface area contributed by atoms with Crippen molar-refractivity contribution in [3.63, 3.8) is 0 Å². The first kappa shape index (κ1) is 13.3. The normalized spacial score (nSPS) is 35.6. The van der Waals surface area contributed by atoms with Crippen molar-refractivity contribution < 1.29 is 19.4 Å². The lowest BCUT2D eigenvalue weighted by Crippen LogP contribution is -2.45. The van der Waals surface area contributed by atoms with Gasteiger partial charge in [0.1, 0.15) is 0 Å². The van der Waals surface area contributed by atoms with E-state index in [0.717, 1.165) is 6.42 Å². The average molecular weight is 256 g/mol. The minimum atomic E-state index is -0.760. The van der Waals surface area contributed by atoms with E-state index in [2.05, 4.69) is 10.6 Å². The molecule has 6 nitrogen and oxygen atoms in total. The molecule has 0 radical (unpaired) electrons. The van der Waals surface area contributed by atoms with E-state index in [-0.39, 0.29) is 29.8 Å². The molecular formula is C12H20N2O4. The monoisotopic (exact) mass is 256 g/mol. The minimum Gasteiger partial charge on any atom is -0.481 e. The predicted octanol–water partition coefficient (Wildman–Crippen LogP) is -0.410. The number of carbonyl (C=O) groups is 2. The number of carboxylic acid groups (broad SMARTS) is 1. The van der Waals surface area contributed by atoms with Gasteiger partial charge in [-0.1, -0.05) is 0 Å². The third-order valence-electron chi connectivity index (χ3n) is 3.92. The van der Waals surface area contributed by atoms with Crippen LogP contribution in [0.2, 0.25) is 0 Å². The highest BCUT2D eigenvalue weighted by molar-refractivity contribution is 5.80. The van der Waals surface area contributed by atoms with Gasteiger partial charge >= 0.3 is 5.97 Å². The Hall–Kier alpha value is -1.14. The van der Waals surface area contributed by atoms with Crippen molar-refractivity contribution >= 4 is 11.9 Å². The number of hydrogen-bond donors (Lipinski definition) is 3. The summed E-state index contributed by atoms with van der Waals surface area (Å²) in [5, 5.41) is 14.9. The summed E-state index contributed by atoms with van der Waals surface area (Å²) in [7, 11) is 1.82. The van der Waals surface area contributed by atoms with Gasteiger partial charge in [-0.25, -0.2) is 0 Å². The Morgan fingerprint density at radius 1 is 1.28 bits per heavy atom.